The molecule has 1 aromatic rings. The molecule has 1 saturated heterocycles. The lowest BCUT2D eigenvalue weighted by molar-refractivity contribution is -0.117. The van der Waals surface area contributed by atoms with Crippen molar-refractivity contribution in [3.63, 3.8) is 0 Å². The number of aromatic nitrogens is 1. The number of amides is 1. The third-order valence-corrected chi connectivity index (χ3v) is 3.64. The van der Waals surface area contributed by atoms with Crippen LogP contribution in [0.5, 0.6) is 0 Å². The average Bonchev–Trinajstić information content (AvgIpc) is 2.40. The zero-order valence-electron chi connectivity index (χ0n) is 10.9. The number of hydrogen-bond acceptors (Lipinski definition) is 3. The highest BCUT2D eigenvalue weighted by Crippen LogP contribution is 2.24. The lowest BCUT2D eigenvalue weighted by atomic mass is 9.84. The first-order valence-corrected chi connectivity index (χ1v) is 6.66. The standard InChI is InChI=1S/C14H21N3O/c1-11(12-4-7-15-8-5-12)9-14(18)17-13-3-2-6-16-10-13/h2-3,6,10-12,15H,4-5,7-9H2,1H3,(H,17,18). The van der Waals surface area contributed by atoms with E-state index in [0.717, 1.165) is 18.8 Å². The smallest absolute Gasteiger partial charge is 0.224 e. The van der Waals surface area contributed by atoms with Gasteiger partial charge in [-0.25, -0.2) is 0 Å². The van der Waals surface area contributed by atoms with Crippen LogP contribution in [0.2, 0.25) is 0 Å². The number of carbonyl (C=O) groups is 1. The minimum Gasteiger partial charge on any atom is -0.325 e. The quantitative estimate of drug-likeness (QED) is 0.856. The fourth-order valence-electron chi connectivity index (χ4n) is 2.52. The molecule has 1 aliphatic heterocycles. The van der Waals surface area contributed by atoms with E-state index >= 15 is 0 Å². The summed E-state index contributed by atoms with van der Waals surface area (Å²) in [7, 11) is 0. The van der Waals surface area contributed by atoms with Crippen LogP contribution in [0.3, 0.4) is 0 Å². The molecule has 1 atom stereocenters. The molecule has 0 bridgehead atoms. The van der Waals surface area contributed by atoms with Gasteiger partial charge in [-0.1, -0.05) is 6.92 Å². The number of nitrogens with zero attached hydrogens (tertiary/aromatic N) is 1. The molecule has 0 radical (unpaired) electrons. The van der Waals surface area contributed by atoms with Crippen molar-refractivity contribution in [2.24, 2.45) is 11.8 Å². The monoisotopic (exact) mass is 247 g/mol. The van der Waals surface area contributed by atoms with Crippen LogP contribution in [-0.4, -0.2) is 24.0 Å². The molecule has 98 valence electrons. The van der Waals surface area contributed by atoms with Crippen LogP contribution < -0.4 is 10.6 Å². The highest BCUT2D eigenvalue weighted by atomic mass is 16.1. The van der Waals surface area contributed by atoms with E-state index in [4.69, 9.17) is 0 Å². The zero-order chi connectivity index (χ0) is 12.8. The maximum Gasteiger partial charge on any atom is 0.224 e. The van der Waals surface area contributed by atoms with Gasteiger partial charge in [0.05, 0.1) is 11.9 Å². The molecule has 2 heterocycles. The summed E-state index contributed by atoms with van der Waals surface area (Å²) < 4.78 is 0. The molecule has 1 aromatic heterocycles. The Bertz CT molecular complexity index is 374. The molecular weight excluding hydrogens is 226 g/mol. The van der Waals surface area contributed by atoms with E-state index in [1.807, 2.05) is 12.1 Å². The molecule has 18 heavy (non-hydrogen) atoms. The van der Waals surface area contributed by atoms with Gasteiger partial charge in [-0.05, 0) is 49.9 Å². The van der Waals surface area contributed by atoms with Crippen LogP contribution in [0.25, 0.3) is 0 Å². The molecule has 1 fully saturated rings. The predicted molar refractivity (Wildman–Crippen MR) is 72.2 cm³/mol. The van der Waals surface area contributed by atoms with E-state index in [-0.39, 0.29) is 5.91 Å². The Balaban J connectivity index is 1.79. The van der Waals surface area contributed by atoms with Gasteiger partial charge in [0.1, 0.15) is 0 Å². The van der Waals surface area contributed by atoms with Crippen molar-refractivity contribution in [3.05, 3.63) is 24.5 Å². The molecule has 1 amide bonds. The summed E-state index contributed by atoms with van der Waals surface area (Å²) in [6.07, 6.45) is 6.34. The molecule has 4 heteroatoms. The van der Waals surface area contributed by atoms with Gasteiger partial charge in [0, 0.05) is 12.6 Å². The van der Waals surface area contributed by atoms with E-state index in [9.17, 15) is 4.79 Å². The molecular formula is C14H21N3O. The zero-order valence-corrected chi connectivity index (χ0v) is 10.9. The van der Waals surface area contributed by atoms with Gasteiger partial charge in [0.2, 0.25) is 5.91 Å². The van der Waals surface area contributed by atoms with E-state index in [1.165, 1.54) is 12.8 Å². The van der Waals surface area contributed by atoms with Crippen molar-refractivity contribution >= 4 is 11.6 Å². The summed E-state index contributed by atoms with van der Waals surface area (Å²) in [6.45, 7) is 4.34. The average molecular weight is 247 g/mol. The van der Waals surface area contributed by atoms with Gasteiger partial charge in [-0.3, -0.25) is 9.78 Å². The second-order valence-corrected chi connectivity index (χ2v) is 5.06. The van der Waals surface area contributed by atoms with Crippen molar-refractivity contribution < 1.29 is 4.79 Å². The van der Waals surface area contributed by atoms with Crippen LogP contribution in [0.15, 0.2) is 24.5 Å². The summed E-state index contributed by atoms with van der Waals surface area (Å²) in [6, 6.07) is 3.69. The van der Waals surface area contributed by atoms with Gasteiger partial charge >= 0.3 is 0 Å². The van der Waals surface area contributed by atoms with Crippen molar-refractivity contribution in [2.75, 3.05) is 18.4 Å². The molecule has 0 spiro atoms. The fourth-order valence-corrected chi connectivity index (χ4v) is 2.52. The molecule has 0 aromatic carbocycles. The summed E-state index contributed by atoms with van der Waals surface area (Å²) in [5.41, 5.74) is 0.778. The Morgan fingerprint density at radius 1 is 1.56 bits per heavy atom. The topological polar surface area (TPSA) is 54.0 Å². The molecule has 2 N–H and O–H groups in total. The second-order valence-electron chi connectivity index (χ2n) is 5.06. The van der Waals surface area contributed by atoms with Crippen LogP contribution in [0.4, 0.5) is 5.69 Å². The Morgan fingerprint density at radius 3 is 3.00 bits per heavy atom. The highest BCUT2D eigenvalue weighted by molar-refractivity contribution is 5.90. The van der Waals surface area contributed by atoms with E-state index in [0.29, 0.717) is 18.3 Å². The van der Waals surface area contributed by atoms with E-state index in [1.54, 1.807) is 12.4 Å². The number of nitrogens with one attached hydrogen (secondary N) is 2. The van der Waals surface area contributed by atoms with Crippen LogP contribution in [-0.2, 0) is 4.79 Å². The van der Waals surface area contributed by atoms with Crippen molar-refractivity contribution in [1.29, 1.82) is 0 Å². The Labute approximate surface area is 108 Å². The van der Waals surface area contributed by atoms with E-state index < -0.39 is 0 Å². The van der Waals surface area contributed by atoms with Crippen LogP contribution in [0, 0.1) is 11.8 Å². The first-order chi connectivity index (χ1) is 8.75. The minimum atomic E-state index is 0.0917. The summed E-state index contributed by atoms with van der Waals surface area (Å²) in [5.74, 6) is 1.21. The third kappa shape index (κ3) is 3.81. The molecule has 0 aliphatic carbocycles. The van der Waals surface area contributed by atoms with Gasteiger partial charge < -0.3 is 10.6 Å². The lowest BCUT2D eigenvalue weighted by Gasteiger charge is -2.27. The number of piperidine rings is 1. The number of hydrogen-bond donors (Lipinski definition) is 2. The molecule has 0 saturated carbocycles. The first-order valence-electron chi connectivity index (χ1n) is 6.66. The molecule has 4 nitrogen and oxygen atoms in total. The lowest BCUT2D eigenvalue weighted by Crippen LogP contribution is -2.32. The Kier molecular flexibility index (Phi) is 4.70. The predicted octanol–water partition coefficient (Wildman–Crippen LogP) is 2.05. The first kappa shape index (κ1) is 13.0. The number of rotatable bonds is 4. The van der Waals surface area contributed by atoms with Crippen molar-refractivity contribution in [2.45, 2.75) is 26.2 Å². The van der Waals surface area contributed by atoms with E-state index in [2.05, 4.69) is 22.5 Å². The molecule has 2 rings (SSSR count). The SMILES string of the molecule is CC(CC(=O)Nc1cccnc1)C1CCNCC1. The number of anilines is 1. The number of pyridine rings is 1. The van der Waals surface area contributed by atoms with Crippen molar-refractivity contribution in [1.82, 2.24) is 10.3 Å². The second kappa shape index (κ2) is 6.50. The van der Waals surface area contributed by atoms with Gasteiger partial charge in [0.25, 0.3) is 0 Å². The Morgan fingerprint density at radius 2 is 2.33 bits per heavy atom. The van der Waals surface area contributed by atoms with Gasteiger partial charge in [-0.15, -0.1) is 0 Å². The summed E-state index contributed by atoms with van der Waals surface area (Å²) >= 11 is 0. The molecule has 1 unspecified atom stereocenters. The minimum absolute atomic E-state index is 0.0917. The number of carbonyl (C=O) groups excluding carboxylic acids is 1. The third-order valence-electron chi connectivity index (χ3n) is 3.64. The Hall–Kier alpha value is -1.42. The summed E-state index contributed by atoms with van der Waals surface area (Å²) in [5, 5.41) is 6.25. The normalized spacial score (nSPS) is 18.3. The maximum absolute atomic E-state index is 11.9. The van der Waals surface area contributed by atoms with Gasteiger partial charge in [0.15, 0.2) is 0 Å². The van der Waals surface area contributed by atoms with Gasteiger partial charge in [-0.2, -0.15) is 0 Å². The van der Waals surface area contributed by atoms with Crippen molar-refractivity contribution in [3.8, 4) is 0 Å². The fraction of sp³-hybridized carbons (Fsp3) is 0.571. The van der Waals surface area contributed by atoms with Crippen LogP contribution >= 0.6 is 0 Å². The van der Waals surface area contributed by atoms with Crippen LogP contribution in [0.1, 0.15) is 26.2 Å². The maximum atomic E-state index is 11.9. The highest BCUT2D eigenvalue weighted by Gasteiger charge is 2.21. The largest absolute Gasteiger partial charge is 0.325 e. The summed E-state index contributed by atoms with van der Waals surface area (Å²) in [4.78, 5) is 15.9. The molecule has 1 aliphatic rings.